The van der Waals surface area contributed by atoms with Gasteiger partial charge in [0.05, 0.1) is 18.3 Å². The number of rotatable bonds is 8. The number of benzene rings is 9. The van der Waals surface area contributed by atoms with Crippen LogP contribution in [0.1, 0.15) is 40.6 Å². The summed E-state index contributed by atoms with van der Waals surface area (Å²) in [6.45, 7) is 0. The third kappa shape index (κ3) is 6.02. The number of hydrogen-bond acceptors (Lipinski definition) is 2. The van der Waals surface area contributed by atoms with Gasteiger partial charge in [0.2, 0.25) is 0 Å². The molecule has 0 spiro atoms. The molecule has 0 aromatic heterocycles. The van der Waals surface area contributed by atoms with Crippen molar-refractivity contribution in [3.63, 3.8) is 0 Å². The third-order valence-corrected chi connectivity index (χ3v) is 13.2. The predicted molar refractivity (Wildman–Crippen MR) is 263 cm³/mol. The molecule has 3 aliphatic rings. The smallest absolute Gasteiger partial charge is 0.0714 e. The van der Waals surface area contributed by atoms with Crippen LogP contribution < -0.4 is 9.80 Å². The molecule has 63 heavy (non-hydrogen) atoms. The molecule has 2 nitrogen and oxygen atoms in total. The first kappa shape index (κ1) is 31.9. The number of hydrogen-bond donors (Lipinski definition) is 0. The summed E-state index contributed by atoms with van der Waals surface area (Å²) in [5.74, 6) is 0.236. The number of anilines is 5. The molecule has 1 aliphatic heterocycles. The molecule has 2 unspecified atom stereocenters. The molecule has 9 aromatic carbocycles. The molecule has 2 heteroatoms. The molecule has 0 bridgehead atoms. The van der Waals surface area contributed by atoms with E-state index in [4.69, 9.17) is 6.85 Å². The Bertz CT molecular complexity index is 3390. The Morgan fingerprint density at radius 2 is 1.00 bits per heavy atom. The molecule has 0 amide bonds. The topological polar surface area (TPSA) is 6.48 Å². The normalized spacial score (nSPS) is 17.3. The molecule has 12 rings (SSSR count). The molecule has 2 atom stereocenters. The van der Waals surface area contributed by atoms with E-state index in [9.17, 15) is 0 Å². The highest BCUT2D eigenvalue weighted by Crippen LogP contribution is 2.57. The van der Waals surface area contributed by atoms with Crippen molar-refractivity contribution in [2.45, 2.75) is 17.4 Å². The van der Waals surface area contributed by atoms with Gasteiger partial charge in [-0.25, -0.2) is 0 Å². The Morgan fingerprint density at radius 1 is 0.444 bits per heavy atom. The van der Waals surface area contributed by atoms with E-state index in [1.807, 2.05) is 24.3 Å². The van der Waals surface area contributed by atoms with Gasteiger partial charge in [0, 0.05) is 34.4 Å². The molecule has 1 heterocycles. The van der Waals surface area contributed by atoms with E-state index in [1.165, 1.54) is 50.3 Å². The Labute approximate surface area is 377 Å². The minimum absolute atomic E-state index is 0.177. The lowest BCUT2D eigenvalue weighted by Gasteiger charge is -2.35. The van der Waals surface area contributed by atoms with E-state index in [1.54, 1.807) is 0 Å². The highest BCUT2D eigenvalue weighted by Gasteiger charge is 2.46. The molecule has 0 saturated carbocycles. The molecular weight excluding hydrogens is 761 g/mol. The van der Waals surface area contributed by atoms with Crippen LogP contribution in [0.25, 0.3) is 33.4 Å². The molecule has 0 N–H and O–H groups in total. The van der Waals surface area contributed by atoms with Gasteiger partial charge in [0.15, 0.2) is 0 Å². The zero-order chi connectivity index (χ0) is 46.1. The van der Waals surface area contributed by atoms with E-state index in [0.29, 0.717) is 5.56 Å². The average Bonchev–Trinajstić information content (AvgIpc) is 3.89. The second-order valence-electron chi connectivity index (χ2n) is 16.5. The first-order chi connectivity index (χ1) is 33.3. The largest absolute Gasteiger partial charge is 0.333 e. The van der Waals surface area contributed by atoms with Crippen molar-refractivity contribution < 1.29 is 6.85 Å². The molecule has 0 fully saturated rings. The maximum absolute atomic E-state index is 8.72. The van der Waals surface area contributed by atoms with Crippen molar-refractivity contribution in [2.24, 2.45) is 0 Å². The van der Waals surface area contributed by atoms with Crippen molar-refractivity contribution in [1.82, 2.24) is 0 Å². The fraction of sp³-hybridized carbons (Fsp3) is 0.0492. The van der Waals surface area contributed by atoms with E-state index in [-0.39, 0.29) is 41.7 Å². The number of allylic oxidation sites excluding steroid dienone is 2. The minimum atomic E-state index is -0.600. The fourth-order valence-corrected chi connectivity index (χ4v) is 10.4. The first-order valence-electron chi connectivity index (χ1n) is 24.1. The molecule has 9 aromatic rings. The second kappa shape index (κ2) is 15.2. The minimum Gasteiger partial charge on any atom is -0.333 e. The van der Waals surface area contributed by atoms with Gasteiger partial charge in [0.1, 0.15) is 0 Å². The van der Waals surface area contributed by atoms with Gasteiger partial charge >= 0.3 is 0 Å². The van der Waals surface area contributed by atoms with Crippen LogP contribution in [0.2, 0.25) is 0 Å². The third-order valence-electron chi connectivity index (χ3n) is 13.2. The Hall–Kier alpha value is -7.94. The standard InChI is InChI=1S/C61H44N2/c1-5-17-43(18-6-1)44-29-34-50(35-30-44)62(51-36-31-45(32-37-51)46-33-40-60-56(41-46)55-26-14-16-28-59(55)63(60)49-23-11-4-12-24-49)52-38-39-54-53-25-13-15-27-57(53)61(58(54)42-52,47-19-7-2-8-20-47)48-21-9-3-10-22-48/h1-42,55,59H/i1D,5D,6D,17D,18D. The summed E-state index contributed by atoms with van der Waals surface area (Å²) in [6.07, 6.45) is 8.94. The summed E-state index contributed by atoms with van der Waals surface area (Å²) in [4.78, 5) is 4.71. The summed E-state index contributed by atoms with van der Waals surface area (Å²) in [7, 11) is 0. The van der Waals surface area contributed by atoms with Crippen LogP contribution in [-0.2, 0) is 5.41 Å². The number of nitrogens with zero attached hydrogens (tertiary/aromatic N) is 2. The molecule has 0 radical (unpaired) electrons. The molecule has 2 aliphatic carbocycles. The molecular formula is C61H44N2. The average molecular weight is 810 g/mol. The highest BCUT2D eigenvalue weighted by molar-refractivity contribution is 5.90. The number of para-hydroxylation sites is 1. The lowest BCUT2D eigenvalue weighted by Crippen LogP contribution is -2.28. The van der Waals surface area contributed by atoms with Gasteiger partial charge in [-0.15, -0.1) is 0 Å². The summed E-state index contributed by atoms with van der Waals surface area (Å²) >= 11 is 0. The van der Waals surface area contributed by atoms with E-state index in [0.717, 1.165) is 28.2 Å². The van der Waals surface area contributed by atoms with Crippen molar-refractivity contribution in [1.29, 1.82) is 0 Å². The van der Waals surface area contributed by atoms with Crippen LogP contribution in [0.5, 0.6) is 0 Å². The van der Waals surface area contributed by atoms with Crippen molar-refractivity contribution in [3.8, 4) is 33.4 Å². The van der Waals surface area contributed by atoms with Crippen molar-refractivity contribution in [3.05, 3.63) is 283 Å². The number of fused-ring (bicyclic) bond motifs is 6. The molecule has 298 valence electrons. The first-order valence-corrected chi connectivity index (χ1v) is 21.6. The second-order valence-corrected chi connectivity index (χ2v) is 16.5. The highest BCUT2D eigenvalue weighted by atomic mass is 15.2. The monoisotopic (exact) mass is 809 g/mol. The summed E-state index contributed by atoms with van der Waals surface area (Å²) in [6, 6.07) is 69.7. The summed E-state index contributed by atoms with van der Waals surface area (Å²) < 4.78 is 42.3. The van der Waals surface area contributed by atoms with E-state index < -0.39 is 11.5 Å². The lowest BCUT2D eigenvalue weighted by atomic mass is 9.67. The van der Waals surface area contributed by atoms with Crippen LogP contribution in [0.3, 0.4) is 0 Å². The van der Waals surface area contributed by atoms with Crippen molar-refractivity contribution in [2.75, 3.05) is 9.80 Å². The fourth-order valence-electron chi connectivity index (χ4n) is 10.4. The zero-order valence-electron chi connectivity index (χ0n) is 39.4. The Kier molecular flexibility index (Phi) is 7.69. The van der Waals surface area contributed by atoms with Gasteiger partial charge in [-0.05, 0) is 122 Å². The van der Waals surface area contributed by atoms with E-state index >= 15 is 0 Å². The van der Waals surface area contributed by atoms with Crippen LogP contribution in [0.4, 0.5) is 28.4 Å². The SMILES string of the molecule is [2H]c1c([2H])c([2H])c(-c2ccc(N(c3ccc(-c4ccc5c(c4)C4C=CC=CC4N5c4ccccc4)cc3)c3ccc4c(c3)C(c3ccccc3)(c3ccccc3)c3ccccc3-4)cc2)c([2H])c1[2H]. The van der Waals surface area contributed by atoms with Gasteiger partial charge in [-0.2, -0.15) is 0 Å². The Balaban J connectivity index is 1.00. The van der Waals surface area contributed by atoms with Crippen LogP contribution >= 0.6 is 0 Å². The predicted octanol–water partition coefficient (Wildman–Crippen LogP) is 15.6. The van der Waals surface area contributed by atoms with Gasteiger partial charge in [0.25, 0.3) is 0 Å². The van der Waals surface area contributed by atoms with Gasteiger partial charge in [-0.3, -0.25) is 0 Å². The summed E-state index contributed by atoms with van der Waals surface area (Å²) in [5.41, 5.74) is 16.0. The van der Waals surface area contributed by atoms with Crippen LogP contribution in [0, 0.1) is 0 Å². The maximum Gasteiger partial charge on any atom is 0.0714 e. The lowest BCUT2D eigenvalue weighted by molar-refractivity contribution is 0.745. The van der Waals surface area contributed by atoms with Gasteiger partial charge < -0.3 is 9.80 Å². The van der Waals surface area contributed by atoms with Crippen LogP contribution in [-0.4, -0.2) is 6.04 Å². The zero-order valence-corrected chi connectivity index (χ0v) is 34.4. The van der Waals surface area contributed by atoms with Crippen LogP contribution in [0.15, 0.2) is 255 Å². The quantitative estimate of drug-likeness (QED) is 0.151. The van der Waals surface area contributed by atoms with Gasteiger partial charge in [-0.1, -0.05) is 194 Å². The summed E-state index contributed by atoms with van der Waals surface area (Å²) in [5, 5.41) is 0. The maximum atomic E-state index is 8.72. The Morgan fingerprint density at radius 3 is 1.68 bits per heavy atom. The van der Waals surface area contributed by atoms with E-state index in [2.05, 4.69) is 210 Å². The molecule has 0 saturated heterocycles. The van der Waals surface area contributed by atoms with Crippen molar-refractivity contribution >= 4 is 28.4 Å².